The molecule has 1 aromatic heterocycles. The number of ether oxygens (including phenoxy) is 1. The second-order valence-electron chi connectivity index (χ2n) is 9.11. The van der Waals surface area contributed by atoms with Crippen LogP contribution in [0.3, 0.4) is 0 Å². The van der Waals surface area contributed by atoms with Gasteiger partial charge in [-0.2, -0.15) is 0 Å². The van der Waals surface area contributed by atoms with Crippen molar-refractivity contribution in [1.82, 2.24) is 14.0 Å². The highest BCUT2D eigenvalue weighted by Crippen LogP contribution is 2.28. The van der Waals surface area contributed by atoms with Gasteiger partial charge in [-0.05, 0) is 37.1 Å². The molecule has 2 aromatic carbocycles. The molecule has 0 bridgehead atoms. The summed E-state index contributed by atoms with van der Waals surface area (Å²) < 4.78 is 8.65. The molecule has 7 nitrogen and oxygen atoms in total. The number of para-hydroxylation sites is 2. The molecule has 0 amide bonds. The molecule has 0 spiro atoms. The van der Waals surface area contributed by atoms with E-state index in [9.17, 15) is 9.59 Å². The molecule has 7 heteroatoms. The van der Waals surface area contributed by atoms with Crippen molar-refractivity contribution >= 4 is 5.69 Å². The summed E-state index contributed by atoms with van der Waals surface area (Å²) in [7, 11) is 1.71. The van der Waals surface area contributed by atoms with E-state index in [4.69, 9.17) is 4.74 Å². The Morgan fingerprint density at radius 2 is 1.60 bits per heavy atom. The quantitative estimate of drug-likeness (QED) is 0.450. The van der Waals surface area contributed by atoms with Gasteiger partial charge in [-0.25, -0.2) is 4.79 Å². The number of piperazine rings is 1. The summed E-state index contributed by atoms with van der Waals surface area (Å²) in [6.45, 7) is 7.58. The summed E-state index contributed by atoms with van der Waals surface area (Å²) in [4.78, 5) is 31.0. The van der Waals surface area contributed by atoms with E-state index in [-0.39, 0.29) is 11.2 Å². The number of methoxy groups -OCH3 is 1. The van der Waals surface area contributed by atoms with Crippen molar-refractivity contribution in [3.63, 3.8) is 0 Å². The Labute approximate surface area is 207 Å². The van der Waals surface area contributed by atoms with Crippen LogP contribution in [0.1, 0.15) is 30.9 Å². The predicted molar refractivity (Wildman–Crippen MR) is 141 cm³/mol. The number of aromatic nitrogens is 2. The molecular formula is C28H36N4O3. The minimum Gasteiger partial charge on any atom is -0.495 e. The Bertz CT molecular complexity index is 1210. The van der Waals surface area contributed by atoms with E-state index in [2.05, 4.69) is 22.8 Å². The van der Waals surface area contributed by atoms with Gasteiger partial charge in [-0.1, -0.05) is 55.8 Å². The van der Waals surface area contributed by atoms with Crippen molar-refractivity contribution in [3.05, 3.63) is 92.8 Å². The monoisotopic (exact) mass is 476 g/mol. The molecule has 0 saturated carbocycles. The Kier molecular flexibility index (Phi) is 8.42. The second kappa shape index (κ2) is 11.9. The second-order valence-corrected chi connectivity index (χ2v) is 9.11. The van der Waals surface area contributed by atoms with Gasteiger partial charge < -0.3 is 9.64 Å². The van der Waals surface area contributed by atoms with Crippen molar-refractivity contribution in [1.29, 1.82) is 0 Å². The zero-order valence-electron chi connectivity index (χ0n) is 20.9. The number of rotatable bonds is 10. The molecule has 2 heterocycles. The van der Waals surface area contributed by atoms with E-state index in [0.29, 0.717) is 25.1 Å². The van der Waals surface area contributed by atoms with Crippen molar-refractivity contribution < 1.29 is 4.74 Å². The van der Waals surface area contributed by atoms with Crippen LogP contribution in [0.4, 0.5) is 5.69 Å². The molecule has 1 fully saturated rings. The van der Waals surface area contributed by atoms with Crippen LogP contribution in [0.25, 0.3) is 0 Å². The predicted octanol–water partition coefficient (Wildman–Crippen LogP) is 3.23. The van der Waals surface area contributed by atoms with E-state index < -0.39 is 0 Å². The molecule has 1 aliphatic heterocycles. The lowest BCUT2D eigenvalue weighted by atomic mass is 10.2. The molecule has 1 aliphatic rings. The number of benzene rings is 2. The number of aryl methyl sites for hydroxylation is 1. The van der Waals surface area contributed by atoms with Crippen LogP contribution < -0.4 is 20.9 Å². The molecule has 1 saturated heterocycles. The largest absolute Gasteiger partial charge is 0.495 e. The highest BCUT2D eigenvalue weighted by Gasteiger charge is 2.19. The summed E-state index contributed by atoms with van der Waals surface area (Å²) in [5.74, 6) is 0.902. The molecular weight excluding hydrogens is 440 g/mol. The van der Waals surface area contributed by atoms with Gasteiger partial charge in [-0.15, -0.1) is 0 Å². The molecule has 35 heavy (non-hydrogen) atoms. The minimum absolute atomic E-state index is 0.137. The maximum Gasteiger partial charge on any atom is 0.331 e. The van der Waals surface area contributed by atoms with E-state index >= 15 is 0 Å². The van der Waals surface area contributed by atoms with E-state index in [1.54, 1.807) is 17.9 Å². The van der Waals surface area contributed by atoms with Crippen molar-refractivity contribution in [2.24, 2.45) is 0 Å². The molecule has 0 unspecified atom stereocenters. The summed E-state index contributed by atoms with van der Waals surface area (Å²) in [6, 6.07) is 18.0. The summed E-state index contributed by atoms with van der Waals surface area (Å²) in [5.41, 5.74) is 2.54. The molecule has 0 atom stereocenters. The van der Waals surface area contributed by atoms with Gasteiger partial charge in [0.1, 0.15) is 5.75 Å². The van der Waals surface area contributed by atoms with Crippen LogP contribution in [0.15, 0.2) is 70.4 Å². The standard InChI is InChI=1S/C28H36N4O3/c1-3-10-24-22-31(21-23-11-5-4-6-12-23)28(34)32(27(24)33)16-9-15-29-17-19-30(20-18-29)25-13-7-8-14-26(25)35-2/h4-8,11-14,22H,3,9-10,15-21H2,1-2H3. The Hall–Kier alpha value is -3.32. The highest BCUT2D eigenvalue weighted by atomic mass is 16.5. The summed E-state index contributed by atoms with van der Waals surface area (Å²) in [5, 5.41) is 0. The number of hydrogen-bond donors (Lipinski definition) is 0. The van der Waals surface area contributed by atoms with Crippen LogP contribution in [-0.2, 0) is 19.5 Å². The first-order valence-electron chi connectivity index (χ1n) is 12.6. The Morgan fingerprint density at radius 3 is 2.31 bits per heavy atom. The number of nitrogens with zero attached hydrogens (tertiary/aromatic N) is 4. The van der Waals surface area contributed by atoms with E-state index in [0.717, 1.165) is 62.6 Å². The zero-order valence-corrected chi connectivity index (χ0v) is 20.9. The maximum atomic E-state index is 13.2. The average molecular weight is 477 g/mol. The Balaban J connectivity index is 1.39. The van der Waals surface area contributed by atoms with Gasteiger partial charge in [0.05, 0.1) is 19.3 Å². The zero-order chi connectivity index (χ0) is 24.6. The van der Waals surface area contributed by atoms with Gasteiger partial charge in [0.15, 0.2) is 0 Å². The fourth-order valence-corrected chi connectivity index (χ4v) is 4.80. The average Bonchev–Trinajstić information content (AvgIpc) is 2.90. The van der Waals surface area contributed by atoms with Crippen molar-refractivity contribution in [2.45, 2.75) is 39.3 Å². The highest BCUT2D eigenvalue weighted by molar-refractivity contribution is 5.58. The summed E-state index contributed by atoms with van der Waals surface area (Å²) in [6.07, 6.45) is 4.08. The van der Waals surface area contributed by atoms with Crippen LogP contribution in [0.2, 0.25) is 0 Å². The number of hydrogen-bond acceptors (Lipinski definition) is 5. The lowest BCUT2D eigenvalue weighted by Crippen LogP contribution is -2.47. The van der Waals surface area contributed by atoms with Gasteiger partial charge in [-0.3, -0.25) is 18.8 Å². The third-order valence-electron chi connectivity index (χ3n) is 6.68. The fraction of sp³-hybridized carbons (Fsp3) is 0.429. The molecule has 4 rings (SSSR count). The minimum atomic E-state index is -0.223. The molecule has 0 N–H and O–H groups in total. The lowest BCUT2D eigenvalue weighted by Gasteiger charge is -2.36. The first-order valence-corrected chi connectivity index (χ1v) is 12.6. The van der Waals surface area contributed by atoms with Crippen LogP contribution in [0.5, 0.6) is 5.75 Å². The topological polar surface area (TPSA) is 59.7 Å². The fourth-order valence-electron chi connectivity index (χ4n) is 4.80. The van der Waals surface area contributed by atoms with Crippen molar-refractivity contribution in [2.75, 3.05) is 44.7 Å². The number of anilines is 1. The van der Waals surface area contributed by atoms with Crippen molar-refractivity contribution in [3.8, 4) is 5.75 Å². The smallest absolute Gasteiger partial charge is 0.331 e. The van der Waals surface area contributed by atoms with E-state index in [1.165, 1.54) is 4.57 Å². The molecule has 3 aromatic rings. The van der Waals surface area contributed by atoms with Crippen LogP contribution >= 0.6 is 0 Å². The van der Waals surface area contributed by atoms with Crippen LogP contribution in [-0.4, -0.2) is 53.9 Å². The third-order valence-corrected chi connectivity index (χ3v) is 6.68. The Morgan fingerprint density at radius 1 is 0.886 bits per heavy atom. The normalized spacial score (nSPS) is 14.3. The first kappa shape index (κ1) is 24.8. The lowest BCUT2D eigenvalue weighted by molar-refractivity contribution is 0.248. The van der Waals surface area contributed by atoms with Gasteiger partial charge in [0, 0.05) is 44.5 Å². The van der Waals surface area contributed by atoms with Crippen LogP contribution in [0, 0.1) is 0 Å². The van der Waals surface area contributed by atoms with Gasteiger partial charge >= 0.3 is 5.69 Å². The third kappa shape index (κ3) is 6.03. The molecule has 0 aliphatic carbocycles. The maximum absolute atomic E-state index is 13.2. The molecule has 0 radical (unpaired) electrons. The molecule has 186 valence electrons. The van der Waals surface area contributed by atoms with Gasteiger partial charge in [0.2, 0.25) is 0 Å². The van der Waals surface area contributed by atoms with E-state index in [1.807, 2.05) is 48.5 Å². The van der Waals surface area contributed by atoms with Gasteiger partial charge in [0.25, 0.3) is 5.56 Å². The SMILES string of the molecule is CCCc1cn(Cc2ccccc2)c(=O)n(CCCN2CCN(c3ccccc3OC)CC2)c1=O. The summed E-state index contributed by atoms with van der Waals surface area (Å²) >= 11 is 0. The first-order chi connectivity index (χ1) is 17.1.